The molecule has 0 aliphatic heterocycles. The standard InChI is InChI=1S/C18H20F2N2O4/c1-11(17(23)22-12-4-7-14(24-2)8-5-12)21-13-6-9-15(25-3)16(10-13)26-18(19)20/h4-11,18,21H,1-3H3,(H,22,23). The summed E-state index contributed by atoms with van der Waals surface area (Å²) in [6.45, 7) is -1.33. The molecule has 2 aromatic carbocycles. The highest BCUT2D eigenvalue weighted by Crippen LogP contribution is 2.31. The van der Waals surface area contributed by atoms with E-state index in [0.717, 1.165) is 0 Å². The highest BCUT2D eigenvalue weighted by atomic mass is 19.3. The second-order valence-corrected chi connectivity index (χ2v) is 5.33. The van der Waals surface area contributed by atoms with Crippen LogP contribution >= 0.6 is 0 Å². The van der Waals surface area contributed by atoms with E-state index in [1.807, 2.05) is 0 Å². The minimum Gasteiger partial charge on any atom is -0.497 e. The van der Waals surface area contributed by atoms with Crippen LogP contribution in [-0.4, -0.2) is 32.8 Å². The van der Waals surface area contributed by atoms with Crippen LogP contribution in [0.15, 0.2) is 42.5 Å². The van der Waals surface area contributed by atoms with E-state index in [4.69, 9.17) is 9.47 Å². The molecule has 0 radical (unpaired) electrons. The molecular formula is C18H20F2N2O4. The Labute approximate surface area is 150 Å². The van der Waals surface area contributed by atoms with Crippen LogP contribution in [0.1, 0.15) is 6.92 Å². The molecule has 0 aromatic heterocycles. The molecule has 26 heavy (non-hydrogen) atoms. The zero-order valence-electron chi connectivity index (χ0n) is 14.6. The molecule has 0 bridgehead atoms. The van der Waals surface area contributed by atoms with Crippen LogP contribution in [0.4, 0.5) is 20.2 Å². The van der Waals surface area contributed by atoms with Crippen LogP contribution in [0, 0.1) is 0 Å². The Morgan fingerprint density at radius 2 is 1.62 bits per heavy atom. The topological polar surface area (TPSA) is 68.8 Å². The molecule has 8 heteroatoms. The van der Waals surface area contributed by atoms with Gasteiger partial charge in [-0.05, 0) is 43.3 Å². The summed E-state index contributed by atoms with van der Waals surface area (Å²) in [4.78, 5) is 12.3. The summed E-state index contributed by atoms with van der Waals surface area (Å²) in [6.07, 6.45) is 0. The monoisotopic (exact) mass is 366 g/mol. The van der Waals surface area contributed by atoms with Gasteiger partial charge in [-0.2, -0.15) is 8.78 Å². The number of carbonyl (C=O) groups excluding carboxylic acids is 1. The highest BCUT2D eigenvalue weighted by Gasteiger charge is 2.16. The molecule has 140 valence electrons. The normalized spacial score (nSPS) is 11.6. The molecule has 1 amide bonds. The molecule has 2 aromatic rings. The molecule has 1 atom stereocenters. The zero-order chi connectivity index (χ0) is 19.1. The van der Waals surface area contributed by atoms with Crippen LogP contribution in [0.2, 0.25) is 0 Å². The van der Waals surface area contributed by atoms with E-state index in [1.165, 1.54) is 19.2 Å². The second-order valence-electron chi connectivity index (χ2n) is 5.33. The number of halogens is 2. The first-order valence-corrected chi connectivity index (χ1v) is 7.77. The maximum atomic E-state index is 12.5. The number of nitrogens with one attached hydrogen (secondary N) is 2. The van der Waals surface area contributed by atoms with Gasteiger partial charge in [-0.1, -0.05) is 0 Å². The van der Waals surface area contributed by atoms with Crippen LogP contribution in [0.5, 0.6) is 17.2 Å². The smallest absolute Gasteiger partial charge is 0.387 e. The second kappa shape index (κ2) is 8.89. The summed E-state index contributed by atoms with van der Waals surface area (Å²) in [5.41, 5.74) is 1.06. The predicted octanol–water partition coefficient (Wildman–Crippen LogP) is 3.74. The van der Waals surface area contributed by atoms with Gasteiger partial charge in [0.1, 0.15) is 11.8 Å². The van der Waals surface area contributed by atoms with E-state index in [-0.39, 0.29) is 17.4 Å². The average molecular weight is 366 g/mol. The zero-order valence-corrected chi connectivity index (χ0v) is 14.6. The molecule has 1 unspecified atom stereocenters. The van der Waals surface area contributed by atoms with Crippen molar-refractivity contribution < 1.29 is 27.8 Å². The SMILES string of the molecule is COc1ccc(NC(=O)C(C)Nc2ccc(OC)c(OC(F)F)c2)cc1. The van der Waals surface area contributed by atoms with Gasteiger partial charge in [0, 0.05) is 17.4 Å². The number of methoxy groups -OCH3 is 2. The van der Waals surface area contributed by atoms with Gasteiger partial charge in [-0.3, -0.25) is 4.79 Å². The predicted molar refractivity (Wildman–Crippen MR) is 94.3 cm³/mol. The van der Waals surface area contributed by atoms with Crippen LogP contribution < -0.4 is 24.8 Å². The first-order valence-electron chi connectivity index (χ1n) is 7.77. The van der Waals surface area contributed by atoms with Crippen molar-refractivity contribution in [2.45, 2.75) is 19.6 Å². The van der Waals surface area contributed by atoms with Gasteiger partial charge in [-0.15, -0.1) is 0 Å². The Kier molecular flexibility index (Phi) is 6.60. The van der Waals surface area contributed by atoms with E-state index >= 15 is 0 Å². The van der Waals surface area contributed by atoms with Crippen molar-refractivity contribution in [3.8, 4) is 17.2 Å². The average Bonchev–Trinajstić information content (AvgIpc) is 2.62. The third-order valence-corrected chi connectivity index (χ3v) is 3.51. The number of ether oxygens (including phenoxy) is 3. The Balaban J connectivity index is 2.03. The summed E-state index contributed by atoms with van der Waals surface area (Å²) < 4.78 is 39.4. The minimum atomic E-state index is -2.98. The number of amides is 1. The van der Waals surface area contributed by atoms with E-state index in [0.29, 0.717) is 17.1 Å². The molecule has 0 saturated carbocycles. The van der Waals surface area contributed by atoms with Gasteiger partial charge >= 0.3 is 6.61 Å². The molecule has 2 N–H and O–H groups in total. The Morgan fingerprint density at radius 3 is 2.19 bits per heavy atom. The molecule has 0 heterocycles. The molecule has 0 saturated heterocycles. The summed E-state index contributed by atoms with van der Waals surface area (Å²) in [6, 6.07) is 10.7. The van der Waals surface area contributed by atoms with Gasteiger partial charge < -0.3 is 24.8 Å². The lowest BCUT2D eigenvalue weighted by Gasteiger charge is -2.17. The fraction of sp³-hybridized carbons (Fsp3) is 0.278. The van der Waals surface area contributed by atoms with Crippen LogP contribution in [-0.2, 0) is 4.79 Å². The van der Waals surface area contributed by atoms with E-state index in [9.17, 15) is 13.6 Å². The van der Waals surface area contributed by atoms with Crippen molar-refractivity contribution in [1.82, 2.24) is 0 Å². The van der Waals surface area contributed by atoms with Gasteiger partial charge in [0.15, 0.2) is 11.5 Å². The van der Waals surface area contributed by atoms with Crippen molar-refractivity contribution in [2.75, 3.05) is 24.9 Å². The van der Waals surface area contributed by atoms with Crippen LogP contribution in [0.3, 0.4) is 0 Å². The summed E-state index contributed by atoms with van der Waals surface area (Å²) in [5.74, 6) is 0.447. The maximum Gasteiger partial charge on any atom is 0.387 e. The number of hydrogen-bond acceptors (Lipinski definition) is 5. The molecule has 0 aliphatic rings. The highest BCUT2D eigenvalue weighted by molar-refractivity contribution is 5.96. The quantitative estimate of drug-likeness (QED) is 0.745. The van der Waals surface area contributed by atoms with E-state index < -0.39 is 12.7 Å². The fourth-order valence-electron chi connectivity index (χ4n) is 2.19. The number of alkyl halides is 2. The first-order chi connectivity index (χ1) is 12.4. The van der Waals surface area contributed by atoms with E-state index in [1.54, 1.807) is 44.4 Å². The lowest BCUT2D eigenvalue weighted by Crippen LogP contribution is -2.31. The van der Waals surface area contributed by atoms with Crippen molar-refractivity contribution in [3.63, 3.8) is 0 Å². The number of rotatable bonds is 8. The third kappa shape index (κ3) is 5.23. The molecular weight excluding hydrogens is 346 g/mol. The molecule has 0 spiro atoms. The van der Waals surface area contributed by atoms with Crippen molar-refractivity contribution in [3.05, 3.63) is 42.5 Å². The lowest BCUT2D eigenvalue weighted by molar-refractivity contribution is -0.116. The molecule has 2 rings (SSSR count). The third-order valence-electron chi connectivity index (χ3n) is 3.51. The van der Waals surface area contributed by atoms with Gasteiger partial charge in [0.25, 0.3) is 0 Å². The van der Waals surface area contributed by atoms with E-state index in [2.05, 4.69) is 15.4 Å². The molecule has 0 aliphatic carbocycles. The summed E-state index contributed by atoms with van der Waals surface area (Å²) in [5, 5.41) is 5.68. The van der Waals surface area contributed by atoms with Crippen molar-refractivity contribution in [1.29, 1.82) is 0 Å². The maximum absolute atomic E-state index is 12.5. The van der Waals surface area contributed by atoms with Gasteiger partial charge in [-0.25, -0.2) is 0 Å². The van der Waals surface area contributed by atoms with Gasteiger partial charge in [0.2, 0.25) is 5.91 Å². The van der Waals surface area contributed by atoms with Crippen LogP contribution in [0.25, 0.3) is 0 Å². The van der Waals surface area contributed by atoms with Crippen molar-refractivity contribution in [2.24, 2.45) is 0 Å². The summed E-state index contributed by atoms with van der Waals surface area (Å²) in [7, 11) is 2.91. The Morgan fingerprint density at radius 1 is 0.962 bits per heavy atom. The Hall–Kier alpha value is -3.03. The molecule has 0 fully saturated rings. The summed E-state index contributed by atoms with van der Waals surface area (Å²) >= 11 is 0. The number of hydrogen-bond donors (Lipinski definition) is 2. The number of carbonyl (C=O) groups is 1. The Bertz CT molecular complexity index is 738. The number of benzene rings is 2. The minimum absolute atomic E-state index is 0.115. The molecule has 6 nitrogen and oxygen atoms in total. The van der Waals surface area contributed by atoms with Gasteiger partial charge in [0.05, 0.1) is 14.2 Å². The number of anilines is 2. The van der Waals surface area contributed by atoms with Crippen molar-refractivity contribution >= 4 is 17.3 Å². The fourth-order valence-corrected chi connectivity index (χ4v) is 2.19. The lowest BCUT2D eigenvalue weighted by atomic mass is 10.2. The largest absolute Gasteiger partial charge is 0.497 e. The first kappa shape index (κ1) is 19.3.